The molecule has 1 aliphatic rings. The van der Waals surface area contributed by atoms with Crippen molar-refractivity contribution in [3.63, 3.8) is 0 Å². The summed E-state index contributed by atoms with van der Waals surface area (Å²) in [6, 6.07) is 11.1. The molecular weight excluding hydrogens is 160 g/mol. The minimum atomic E-state index is 0.552. The summed E-state index contributed by atoms with van der Waals surface area (Å²) >= 11 is 0. The van der Waals surface area contributed by atoms with Crippen LogP contribution in [0.1, 0.15) is 5.56 Å². The maximum absolute atomic E-state index is 4.39. The number of benzene rings is 1. The molecule has 1 aromatic carbocycles. The van der Waals surface area contributed by atoms with Gasteiger partial charge in [0.15, 0.2) is 0 Å². The number of rotatable bonds is 2. The second-order valence-corrected chi connectivity index (χ2v) is 3.47. The van der Waals surface area contributed by atoms with E-state index >= 15 is 0 Å². The quantitative estimate of drug-likeness (QED) is 0.707. The first-order valence-electron chi connectivity index (χ1n) is 4.86. The summed E-state index contributed by atoms with van der Waals surface area (Å²) in [4.78, 5) is 0. The lowest BCUT2D eigenvalue weighted by Crippen LogP contribution is -2.46. The van der Waals surface area contributed by atoms with E-state index in [0.717, 1.165) is 26.1 Å². The molecule has 0 spiro atoms. The normalized spacial score (nSPS) is 22.9. The van der Waals surface area contributed by atoms with Gasteiger partial charge in [-0.05, 0) is 12.0 Å². The van der Waals surface area contributed by atoms with E-state index in [-0.39, 0.29) is 0 Å². The van der Waals surface area contributed by atoms with Gasteiger partial charge < -0.3 is 5.32 Å². The monoisotopic (exact) mass is 175 g/mol. The van der Waals surface area contributed by atoms with Crippen LogP contribution in [0.15, 0.2) is 30.3 Å². The van der Waals surface area contributed by atoms with Crippen molar-refractivity contribution in [3.05, 3.63) is 35.9 Å². The average molecular weight is 175 g/mol. The Labute approximate surface area is 79.4 Å². The van der Waals surface area contributed by atoms with Gasteiger partial charge in [0.1, 0.15) is 0 Å². The van der Waals surface area contributed by atoms with Crippen LogP contribution in [0.4, 0.5) is 0 Å². The lowest BCUT2D eigenvalue weighted by molar-refractivity contribution is 0.411. The molecule has 1 saturated heterocycles. The zero-order valence-electron chi connectivity index (χ0n) is 7.74. The Morgan fingerprint density at radius 1 is 1.31 bits per heavy atom. The Kier molecular flexibility index (Phi) is 2.95. The van der Waals surface area contributed by atoms with E-state index in [1.54, 1.807) is 0 Å². The number of nitrogens with zero attached hydrogens (tertiary/aromatic N) is 1. The van der Waals surface area contributed by atoms with Crippen molar-refractivity contribution < 1.29 is 0 Å². The van der Waals surface area contributed by atoms with E-state index in [9.17, 15) is 0 Å². The molecule has 13 heavy (non-hydrogen) atoms. The second-order valence-electron chi connectivity index (χ2n) is 3.47. The van der Waals surface area contributed by atoms with Gasteiger partial charge in [0, 0.05) is 25.7 Å². The van der Waals surface area contributed by atoms with E-state index in [4.69, 9.17) is 0 Å². The zero-order chi connectivity index (χ0) is 8.93. The van der Waals surface area contributed by atoms with Gasteiger partial charge in [-0.1, -0.05) is 30.3 Å². The highest BCUT2D eigenvalue weighted by Gasteiger charge is 2.12. The van der Waals surface area contributed by atoms with Crippen molar-refractivity contribution in [1.29, 1.82) is 0 Å². The van der Waals surface area contributed by atoms with E-state index in [0.29, 0.717) is 6.04 Å². The molecule has 2 nitrogen and oxygen atoms in total. The van der Waals surface area contributed by atoms with Crippen LogP contribution in [0.5, 0.6) is 0 Å². The van der Waals surface area contributed by atoms with Crippen LogP contribution < -0.4 is 10.6 Å². The molecule has 1 N–H and O–H groups in total. The predicted molar refractivity (Wildman–Crippen MR) is 53.8 cm³/mol. The maximum atomic E-state index is 4.39. The van der Waals surface area contributed by atoms with Gasteiger partial charge in [0.05, 0.1) is 0 Å². The fraction of sp³-hybridized carbons (Fsp3) is 0.455. The van der Waals surface area contributed by atoms with Crippen LogP contribution >= 0.6 is 0 Å². The summed E-state index contributed by atoms with van der Waals surface area (Å²) in [5.74, 6) is 0. The molecule has 1 fully saturated rings. The molecule has 1 aromatic rings. The minimum Gasteiger partial charge on any atom is -0.311 e. The molecule has 0 bridgehead atoms. The Morgan fingerprint density at radius 2 is 2.15 bits per heavy atom. The summed E-state index contributed by atoms with van der Waals surface area (Å²) < 4.78 is 0. The van der Waals surface area contributed by atoms with Crippen LogP contribution in [0.3, 0.4) is 0 Å². The SMILES string of the molecule is c1ccc(CC2C[N]CCN2)cc1. The van der Waals surface area contributed by atoms with Gasteiger partial charge in [-0.3, -0.25) is 0 Å². The molecule has 1 heterocycles. The first-order valence-corrected chi connectivity index (χ1v) is 4.86. The molecule has 0 saturated carbocycles. The molecular formula is C11H15N2. The Balaban J connectivity index is 1.90. The number of nitrogens with one attached hydrogen (secondary N) is 1. The summed E-state index contributed by atoms with van der Waals surface area (Å²) in [5, 5.41) is 7.87. The van der Waals surface area contributed by atoms with E-state index < -0.39 is 0 Å². The first kappa shape index (κ1) is 8.73. The number of hydrogen-bond acceptors (Lipinski definition) is 1. The molecule has 1 unspecified atom stereocenters. The highest BCUT2D eigenvalue weighted by Crippen LogP contribution is 2.03. The Bertz CT molecular complexity index is 240. The van der Waals surface area contributed by atoms with Crippen molar-refractivity contribution in [2.24, 2.45) is 0 Å². The van der Waals surface area contributed by atoms with E-state index in [2.05, 4.69) is 41.0 Å². The smallest absolute Gasteiger partial charge is 0.0291 e. The van der Waals surface area contributed by atoms with Crippen LogP contribution in [0.25, 0.3) is 0 Å². The van der Waals surface area contributed by atoms with Crippen LogP contribution in [-0.2, 0) is 6.42 Å². The Morgan fingerprint density at radius 3 is 2.85 bits per heavy atom. The minimum absolute atomic E-state index is 0.552. The lowest BCUT2D eigenvalue weighted by atomic mass is 10.1. The molecule has 2 rings (SSSR count). The largest absolute Gasteiger partial charge is 0.311 e. The van der Waals surface area contributed by atoms with Gasteiger partial charge in [0.25, 0.3) is 0 Å². The highest BCUT2D eigenvalue weighted by molar-refractivity contribution is 5.16. The van der Waals surface area contributed by atoms with Crippen LogP contribution in [-0.4, -0.2) is 25.7 Å². The van der Waals surface area contributed by atoms with Crippen LogP contribution in [0, 0.1) is 0 Å². The zero-order valence-corrected chi connectivity index (χ0v) is 7.74. The summed E-state index contributed by atoms with van der Waals surface area (Å²) in [5.41, 5.74) is 1.40. The van der Waals surface area contributed by atoms with Gasteiger partial charge in [-0.2, -0.15) is 0 Å². The summed E-state index contributed by atoms with van der Waals surface area (Å²) in [7, 11) is 0. The van der Waals surface area contributed by atoms with Crippen molar-refractivity contribution in [2.75, 3.05) is 19.6 Å². The lowest BCUT2D eigenvalue weighted by Gasteiger charge is -2.23. The maximum Gasteiger partial charge on any atom is 0.0291 e. The van der Waals surface area contributed by atoms with Crippen molar-refractivity contribution in [3.8, 4) is 0 Å². The first-order chi connectivity index (χ1) is 6.45. The number of hydrogen-bond donors (Lipinski definition) is 1. The van der Waals surface area contributed by atoms with Crippen molar-refractivity contribution >= 4 is 0 Å². The Hall–Kier alpha value is -0.860. The average Bonchev–Trinajstić information content (AvgIpc) is 2.21. The standard InChI is InChI=1S/C11H15N2/c1-2-4-10(5-3-1)8-11-9-12-6-7-13-11/h1-5,11,13H,6-9H2. The predicted octanol–water partition coefficient (Wildman–Crippen LogP) is 0.805. The molecule has 0 aliphatic carbocycles. The molecule has 2 heteroatoms. The highest BCUT2D eigenvalue weighted by atomic mass is 15.0. The van der Waals surface area contributed by atoms with Crippen molar-refractivity contribution in [1.82, 2.24) is 10.6 Å². The third kappa shape index (κ3) is 2.54. The third-order valence-electron chi connectivity index (χ3n) is 2.38. The summed E-state index contributed by atoms with van der Waals surface area (Å²) in [6.07, 6.45) is 1.10. The van der Waals surface area contributed by atoms with Gasteiger partial charge in [0.2, 0.25) is 0 Å². The molecule has 69 valence electrons. The molecule has 0 amide bonds. The summed E-state index contributed by atoms with van der Waals surface area (Å²) in [6.45, 7) is 2.98. The van der Waals surface area contributed by atoms with Gasteiger partial charge >= 0.3 is 0 Å². The molecule has 1 atom stereocenters. The number of piperazine rings is 1. The topological polar surface area (TPSA) is 26.1 Å². The van der Waals surface area contributed by atoms with Gasteiger partial charge in [-0.15, -0.1) is 0 Å². The molecule has 1 aliphatic heterocycles. The molecule has 0 aromatic heterocycles. The van der Waals surface area contributed by atoms with E-state index in [1.165, 1.54) is 5.56 Å². The van der Waals surface area contributed by atoms with Crippen LogP contribution in [0.2, 0.25) is 0 Å². The van der Waals surface area contributed by atoms with Gasteiger partial charge in [-0.25, -0.2) is 5.32 Å². The van der Waals surface area contributed by atoms with E-state index in [1.807, 2.05) is 0 Å². The molecule has 1 radical (unpaired) electrons. The fourth-order valence-corrected chi connectivity index (χ4v) is 1.69. The van der Waals surface area contributed by atoms with Crippen molar-refractivity contribution in [2.45, 2.75) is 12.5 Å². The second kappa shape index (κ2) is 4.40. The third-order valence-corrected chi connectivity index (χ3v) is 2.38. The fourth-order valence-electron chi connectivity index (χ4n) is 1.69.